The lowest BCUT2D eigenvalue weighted by molar-refractivity contribution is 0.232. The third kappa shape index (κ3) is 2.78. The van der Waals surface area contributed by atoms with Gasteiger partial charge in [-0.2, -0.15) is 0 Å². The highest BCUT2D eigenvalue weighted by molar-refractivity contribution is 5.84. The number of rotatable bonds is 4. The number of nitrogens with zero attached hydrogens (tertiary/aromatic N) is 1. The fourth-order valence-corrected chi connectivity index (χ4v) is 3.36. The van der Waals surface area contributed by atoms with E-state index >= 15 is 0 Å². The molecule has 0 fully saturated rings. The number of para-hydroxylation sites is 2. The van der Waals surface area contributed by atoms with E-state index in [2.05, 4.69) is 29.0 Å². The second kappa shape index (κ2) is 6.89. The quantitative estimate of drug-likeness (QED) is 0.487. The number of hydrogen-bond acceptors (Lipinski definition) is 1. The van der Waals surface area contributed by atoms with Crippen molar-refractivity contribution >= 4 is 16.5 Å². The van der Waals surface area contributed by atoms with Crippen molar-refractivity contribution in [3.05, 3.63) is 115 Å². The van der Waals surface area contributed by atoms with Crippen LogP contribution >= 0.6 is 0 Å². The zero-order valence-electron chi connectivity index (χ0n) is 14.3. The number of aliphatic hydroxyl groups is 1. The molecule has 1 unspecified atom stereocenters. The van der Waals surface area contributed by atoms with Gasteiger partial charge in [0.25, 0.3) is 0 Å². The summed E-state index contributed by atoms with van der Waals surface area (Å²) in [4.78, 5) is 0. The number of aliphatic hydroxyl groups excluding tert-OH is 1. The van der Waals surface area contributed by atoms with Gasteiger partial charge < -0.3 is 9.67 Å². The second-order valence-corrected chi connectivity index (χ2v) is 6.16. The number of fused-ring (bicyclic) bond motifs is 1. The molecule has 1 aromatic heterocycles. The lowest BCUT2D eigenvalue weighted by Gasteiger charge is -2.17. The molecule has 4 aromatic rings. The van der Waals surface area contributed by atoms with Gasteiger partial charge in [0.05, 0.1) is 11.2 Å². The van der Waals surface area contributed by atoms with Crippen molar-refractivity contribution < 1.29 is 5.11 Å². The molecule has 4 rings (SSSR count). The minimum absolute atomic E-state index is 0.672. The van der Waals surface area contributed by atoms with Gasteiger partial charge in [0.2, 0.25) is 0 Å². The first-order valence-electron chi connectivity index (χ1n) is 8.59. The van der Waals surface area contributed by atoms with E-state index in [0.29, 0.717) is 5.57 Å². The van der Waals surface area contributed by atoms with Gasteiger partial charge in [-0.05, 0) is 29.8 Å². The van der Waals surface area contributed by atoms with Crippen molar-refractivity contribution in [2.75, 3.05) is 0 Å². The Morgan fingerprint density at radius 1 is 0.846 bits per heavy atom. The summed E-state index contributed by atoms with van der Waals surface area (Å²) in [6.45, 7) is 3.81. The van der Waals surface area contributed by atoms with Crippen molar-refractivity contribution in [2.45, 2.75) is 6.10 Å². The van der Waals surface area contributed by atoms with Gasteiger partial charge in [0, 0.05) is 16.6 Å². The second-order valence-electron chi connectivity index (χ2n) is 6.16. The zero-order chi connectivity index (χ0) is 17.9. The van der Waals surface area contributed by atoms with Crippen LogP contribution in [0.3, 0.4) is 0 Å². The van der Waals surface area contributed by atoms with Gasteiger partial charge in [-0.3, -0.25) is 0 Å². The molecular formula is C24H19NO. The Balaban J connectivity index is 1.93. The van der Waals surface area contributed by atoms with Gasteiger partial charge in [-0.25, -0.2) is 0 Å². The fraction of sp³-hybridized carbons (Fsp3) is 0.0417. The summed E-state index contributed by atoms with van der Waals surface area (Å²) >= 11 is 0. The largest absolute Gasteiger partial charge is 0.381 e. The number of aromatic nitrogens is 1. The lowest BCUT2D eigenvalue weighted by Crippen LogP contribution is -2.07. The van der Waals surface area contributed by atoms with Crippen LogP contribution in [-0.4, -0.2) is 9.67 Å². The molecule has 2 heteroatoms. The van der Waals surface area contributed by atoms with Crippen LogP contribution in [0.1, 0.15) is 17.4 Å². The van der Waals surface area contributed by atoms with Crippen LogP contribution < -0.4 is 0 Å². The molecule has 0 spiro atoms. The normalized spacial score (nSPS) is 11.9. The van der Waals surface area contributed by atoms with E-state index in [9.17, 15) is 5.11 Å². The minimum Gasteiger partial charge on any atom is -0.381 e. The molecule has 126 valence electrons. The highest BCUT2D eigenvalue weighted by Gasteiger charge is 2.21. The third-order valence-electron chi connectivity index (χ3n) is 4.58. The van der Waals surface area contributed by atoms with Crippen molar-refractivity contribution in [1.82, 2.24) is 4.57 Å². The summed E-state index contributed by atoms with van der Waals surface area (Å²) < 4.78 is 2.10. The Bertz CT molecular complexity index is 1090. The zero-order valence-corrected chi connectivity index (χ0v) is 14.3. The average Bonchev–Trinajstić information content (AvgIpc) is 3.09. The highest BCUT2D eigenvalue weighted by atomic mass is 16.3. The van der Waals surface area contributed by atoms with Crippen LogP contribution in [0.4, 0.5) is 0 Å². The molecule has 2 nitrogen and oxygen atoms in total. The van der Waals surface area contributed by atoms with Gasteiger partial charge in [0.1, 0.15) is 6.10 Å². The SMILES string of the molecule is C=C=C(c1ccccc1)C(O)c1cc2ccccc2n1-c1ccccc1. The number of hydrogen-bond donors (Lipinski definition) is 1. The Morgan fingerprint density at radius 2 is 1.46 bits per heavy atom. The molecule has 0 radical (unpaired) electrons. The lowest BCUT2D eigenvalue weighted by atomic mass is 9.99. The molecule has 1 N–H and O–H groups in total. The molecule has 0 saturated heterocycles. The summed E-state index contributed by atoms with van der Waals surface area (Å²) in [6.07, 6.45) is -0.831. The van der Waals surface area contributed by atoms with Crippen molar-refractivity contribution in [3.8, 4) is 5.69 Å². The van der Waals surface area contributed by atoms with E-state index in [1.54, 1.807) is 0 Å². The Labute approximate surface area is 153 Å². The highest BCUT2D eigenvalue weighted by Crippen LogP contribution is 2.34. The van der Waals surface area contributed by atoms with Gasteiger partial charge in [-0.15, -0.1) is 5.73 Å². The topological polar surface area (TPSA) is 25.2 Å². The molecule has 26 heavy (non-hydrogen) atoms. The molecule has 1 atom stereocenters. The van der Waals surface area contributed by atoms with Gasteiger partial charge >= 0.3 is 0 Å². The Kier molecular flexibility index (Phi) is 4.28. The minimum atomic E-state index is -0.831. The summed E-state index contributed by atoms with van der Waals surface area (Å²) in [5.41, 5.74) is 7.40. The van der Waals surface area contributed by atoms with E-state index in [0.717, 1.165) is 27.8 Å². The molecule has 0 aliphatic heterocycles. The number of benzene rings is 3. The van der Waals surface area contributed by atoms with Crippen LogP contribution in [0.5, 0.6) is 0 Å². The van der Waals surface area contributed by atoms with Crippen LogP contribution in [-0.2, 0) is 0 Å². The van der Waals surface area contributed by atoms with Crippen molar-refractivity contribution in [2.24, 2.45) is 0 Å². The molecule has 3 aromatic carbocycles. The third-order valence-corrected chi connectivity index (χ3v) is 4.58. The van der Waals surface area contributed by atoms with E-state index < -0.39 is 6.10 Å². The maximum atomic E-state index is 11.2. The predicted molar refractivity (Wildman–Crippen MR) is 107 cm³/mol. The van der Waals surface area contributed by atoms with Crippen molar-refractivity contribution in [3.63, 3.8) is 0 Å². The summed E-state index contributed by atoms with van der Waals surface area (Å²) in [5, 5.41) is 12.3. The summed E-state index contributed by atoms with van der Waals surface area (Å²) in [7, 11) is 0. The summed E-state index contributed by atoms with van der Waals surface area (Å²) in [5.74, 6) is 0. The van der Waals surface area contributed by atoms with Crippen LogP contribution in [0.2, 0.25) is 0 Å². The first kappa shape index (κ1) is 16.2. The van der Waals surface area contributed by atoms with Gasteiger partial charge in [0.15, 0.2) is 0 Å². The van der Waals surface area contributed by atoms with Gasteiger partial charge in [-0.1, -0.05) is 73.3 Å². The molecule has 0 amide bonds. The standard InChI is InChI=1S/C24H19NO/c1-2-21(18-11-5-3-6-12-18)24(26)23-17-19-13-9-10-16-22(19)25(23)20-14-7-4-8-15-20/h3-17,24,26H,1H2. The molecule has 0 aliphatic rings. The monoisotopic (exact) mass is 337 g/mol. The van der Waals surface area contributed by atoms with Crippen LogP contribution in [0, 0.1) is 0 Å². The summed E-state index contributed by atoms with van der Waals surface area (Å²) in [6, 6.07) is 30.1. The van der Waals surface area contributed by atoms with Crippen LogP contribution in [0.15, 0.2) is 103 Å². The van der Waals surface area contributed by atoms with E-state index in [1.807, 2.05) is 78.9 Å². The smallest absolute Gasteiger partial charge is 0.127 e. The van der Waals surface area contributed by atoms with E-state index in [4.69, 9.17) is 0 Å². The first-order valence-corrected chi connectivity index (χ1v) is 8.59. The Hall–Kier alpha value is -3.32. The Morgan fingerprint density at radius 3 is 2.15 bits per heavy atom. The molecule has 0 aliphatic carbocycles. The van der Waals surface area contributed by atoms with E-state index in [-0.39, 0.29) is 0 Å². The van der Waals surface area contributed by atoms with Crippen LogP contribution in [0.25, 0.3) is 22.2 Å². The predicted octanol–water partition coefficient (Wildman–Crippen LogP) is 5.53. The maximum Gasteiger partial charge on any atom is 0.127 e. The van der Waals surface area contributed by atoms with Crippen molar-refractivity contribution in [1.29, 1.82) is 0 Å². The average molecular weight is 337 g/mol. The maximum absolute atomic E-state index is 11.2. The molecule has 0 bridgehead atoms. The molecular weight excluding hydrogens is 318 g/mol. The molecule has 1 heterocycles. The first-order chi connectivity index (χ1) is 12.8. The fourth-order valence-electron chi connectivity index (χ4n) is 3.36. The van der Waals surface area contributed by atoms with E-state index in [1.165, 1.54) is 0 Å². The molecule has 0 saturated carbocycles.